The van der Waals surface area contributed by atoms with Gasteiger partial charge in [0, 0.05) is 11.7 Å². The number of amides is 1. The minimum Gasteiger partial charge on any atom is -0.353 e. The second-order valence-electron chi connectivity index (χ2n) is 5.91. The maximum absolute atomic E-state index is 11.7. The van der Waals surface area contributed by atoms with E-state index in [0.717, 1.165) is 28.0 Å². The van der Waals surface area contributed by atoms with Crippen LogP contribution >= 0.6 is 23.1 Å². The van der Waals surface area contributed by atoms with Gasteiger partial charge in [-0.1, -0.05) is 49.1 Å². The molecule has 2 aromatic rings. The molecule has 1 fully saturated rings. The molecular formula is C16H20N4OS2. The largest absolute Gasteiger partial charge is 0.353 e. The number of thioether (sulfide) groups is 1. The fourth-order valence-corrected chi connectivity index (χ4v) is 3.60. The van der Waals surface area contributed by atoms with Gasteiger partial charge in [0.25, 0.3) is 0 Å². The van der Waals surface area contributed by atoms with Crippen molar-refractivity contribution in [2.45, 2.75) is 43.0 Å². The molecule has 122 valence electrons. The van der Waals surface area contributed by atoms with Crippen LogP contribution in [0.5, 0.6) is 0 Å². The summed E-state index contributed by atoms with van der Waals surface area (Å²) in [5, 5.41) is 15.2. The van der Waals surface area contributed by atoms with E-state index in [1.807, 2.05) is 12.1 Å². The first-order valence-corrected chi connectivity index (χ1v) is 9.53. The Labute approximate surface area is 144 Å². The van der Waals surface area contributed by atoms with E-state index in [9.17, 15) is 4.79 Å². The first-order chi connectivity index (χ1) is 11.1. The number of rotatable bonds is 7. The minimum absolute atomic E-state index is 0.0754. The Hall–Kier alpha value is -1.60. The molecule has 23 heavy (non-hydrogen) atoms. The second-order valence-corrected chi connectivity index (χ2v) is 8.11. The van der Waals surface area contributed by atoms with Crippen molar-refractivity contribution in [3.8, 4) is 0 Å². The second kappa shape index (κ2) is 7.31. The Morgan fingerprint density at radius 3 is 2.70 bits per heavy atom. The molecule has 3 rings (SSSR count). The van der Waals surface area contributed by atoms with Crippen LogP contribution in [-0.2, 0) is 4.79 Å². The molecule has 0 spiro atoms. The third-order valence-electron chi connectivity index (χ3n) is 3.50. The number of nitrogens with zero attached hydrogens (tertiary/aromatic N) is 2. The van der Waals surface area contributed by atoms with Crippen molar-refractivity contribution in [3.05, 3.63) is 29.8 Å². The molecule has 7 heteroatoms. The zero-order valence-electron chi connectivity index (χ0n) is 13.2. The van der Waals surface area contributed by atoms with Gasteiger partial charge in [-0.3, -0.25) is 4.79 Å². The monoisotopic (exact) mass is 348 g/mol. The lowest BCUT2D eigenvalue weighted by Crippen LogP contribution is -2.26. The van der Waals surface area contributed by atoms with Crippen LogP contribution in [0.2, 0.25) is 0 Å². The summed E-state index contributed by atoms with van der Waals surface area (Å²) in [6, 6.07) is 8.74. The lowest BCUT2D eigenvalue weighted by atomic mass is 10.0. The first kappa shape index (κ1) is 16.3. The van der Waals surface area contributed by atoms with Crippen molar-refractivity contribution < 1.29 is 4.79 Å². The van der Waals surface area contributed by atoms with Crippen molar-refractivity contribution in [1.82, 2.24) is 15.5 Å². The van der Waals surface area contributed by atoms with Gasteiger partial charge in [-0.2, -0.15) is 0 Å². The van der Waals surface area contributed by atoms with Crippen LogP contribution in [0.15, 0.2) is 28.6 Å². The average Bonchev–Trinajstić information content (AvgIpc) is 3.23. The van der Waals surface area contributed by atoms with E-state index in [1.165, 1.54) is 28.7 Å². The molecule has 1 heterocycles. The van der Waals surface area contributed by atoms with E-state index in [2.05, 4.69) is 46.8 Å². The van der Waals surface area contributed by atoms with Gasteiger partial charge in [0.2, 0.25) is 11.0 Å². The van der Waals surface area contributed by atoms with Crippen LogP contribution in [0, 0.1) is 0 Å². The highest BCUT2D eigenvalue weighted by atomic mass is 32.2. The van der Waals surface area contributed by atoms with Gasteiger partial charge in [-0.15, -0.1) is 10.2 Å². The van der Waals surface area contributed by atoms with Crippen LogP contribution in [0.4, 0.5) is 10.8 Å². The molecule has 0 atom stereocenters. The molecule has 5 nitrogen and oxygen atoms in total. The highest BCUT2D eigenvalue weighted by Gasteiger charge is 2.23. The summed E-state index contributed by atoms with van der Waals surface area (Å²) in [5.74, 6) is 0.996. The normalized spacial score (nSPS) is 14.0. The van der Waals surface area contributed by atoms with E-state index < -0.39 is 0 Å². The Kier molecular flexibility index (Phi) is 5.17. The number of hydrogen-bond donors (Lipinski definition) is 2. The molecule has 0 radical (unpaired) electrons. The molecule has 0 aliphatic heterocycles. The summed E-state index contributed by atoms with van der Waals surface area (Å²) in [7, 11) is 0. The zero-order valence-corrected chi connectivity index (χ0v) is 14.8. The number of aromatic nitrogens is 2. The van der Waals surface area contributed by atoms with Gasteiger partial charge >= 0.3 is 0 Å². The van der Waals surface area contributed by atoms with Crippen LogP contribution < -0.4 is 10.6 Å². The molecule has 1 aromatic heterocycles. The highest BCUT2D eigenvalue weighted by Crippen LogP contribution is 2.28. The van der Waals surface area contributed by atoms with Crippen molar-refractivity contribution >= 4 is 39.8 Å². The number of benzene rings is 1. The summed E-state index contributed by atoms with van der Waals surface area (Å²) < 4.78 is 0.803. The lowest BCUT2D eigenvalue weighted by Gasteiger charge is -2.06. The average molecular weight is 348 g/mol. The zero-order chi connectivity index (χ0) is 16.2. The first-order valence-electron chi connectivity index (χ1n) is 7.73. The molecule has 0 unspecified atom stereocenters. The standard InChI is InChI=1S/C16H20N4OS2/c1-10(2)11-3-5-13(6-4-11)18-15-19-20-16(23-15)22-9-14(21)17-12-7-8-12/h3-6,10,12H,7-9H2,1-2H3,(H,17,21)(H,18,19). The predicted octanol–water partition coefficient (Wildman–Crippen LogP) is 3.78. The van der Waals surface area contributed by atoms with Crippen molar-refractivity contribution in [3.63, 3.8) is 0 Å². The number of nitrogens with one attached hydrogen (secondary N) is 2. The summed E-state index contributed by atoms with van der Waals surface area (Å²) in [5.41, 5.74) is 2.30. The molecule has 1 aliphatic carbocycles. The van der Waals surface area contributed by atoms with Crippen LogP contribution in [0.3, 0.4) is 0 Å². The smallest absolute Gasteiger partial charge is 0.230 e. The van der Waals surface area contributed by atoms with Gasteiger partial charge < -0.3 is 10.6 Å². The fourth-order valence-electron chi connectivity index (χ4n) is 2.02. The minimum atomic E-state index is 0.0754. The molecule has 1 amide bonds. The third-order valence-corrected chi connectivity index (χ3v) is 5.48. The maximum atomic E-state index is 11.7. The Bertz CT molecular complexity index is 665. The topological polar surface area (TPSA) is 66.9 Å². The summed E-state index contributed by atoms with van der Waals surface area (Å²) >= 11 is 2.89. The van der Waals surface area contributed by atoms with Crippen molar-refractivity contribution in [2.24, 2.45) is 0 Å². The number of hydrogen-bond acceptors (Lipinski definition) is 6. The number of anilines is 2. The van der Waals surface area contributed by atoms with Crippen molar-refractivity contribution in [2.75, 3.05) is 11.1 Å². The molecular weight excluding hydrogens is 328 g/mol. The van der Waals surface area contributed by atoms with Gasteiger partial charge in [0.05, 0.1) is 5.75 Å². The summed E-state index contributed by atoms with van der Waals surface area (Å²) in [6.07, 6.45) is 2.22. The molecule has 0 saturated heterocycles. The molecule has 1 aromatic carbocycles. The molecule has 2 N–H and O–H groups in total. The van der Waals surface area contributed by atoms with Gasteiger partial charge in [-0.25, -0.2) is 0 Å². The Morgan fingerprint density at radius 1 is 1.30 bits per heavy atom. The number of carbonyl (C=O) groups excluding carboxylic acids is 1. The quantitative estimate of drug-likeness (QED) is 0.746. The van der Waals surface area contributed by atoms with Gasteiger partial charge in [0.15, 0.2) is 4.34 Å². The lowest BCUT2D eigenvalue weighted by molar-refractivity contribution is -0.118. The Morgan fingerprint density at radius 2 is 2.04 bits per heavy atom. The predicted molar refractivity (Wildman–Crippen MR) is 95.6 cm³/mol. The molecule has 1 aliphatic rings. The van der Waals surface area contributed by atoms with E-state index in [1.54, 1.807) is 0 Å². The molecule has 0 bridgehead atoms. The third kappa shape index (κ3) is 4.94. The van der Waals surface area contributed by atoms with E-state index >= 15 is 0 Å². The highest BCUT2D eigenvalue weighted by molar-refractivity contribution is 8.01. The summed E-state index contributed by atoms with van der Waals surface area (Å²) in [4.78, 5) is 11.7. The van der Waals surface area contributed by atoms with Crippen LogP contribution in [0.25, 0.3) is 0 Å². The van der Waals surface area contributed by atoms with Crippen molar-refractivity contribution in [1.29, 1.82) is 0 Å². The van der Waals surface area contributed by atoms with E-state index in [-0.39, 0.29) is 5.91 Å². The fraction of sp³-hybridized carbons (Fsp3) is 0.438. The van der Waals surface area contributed by atoms with E-state index in [0.29, 0.717) is 17.7 Å². The number of carbonyl (C=O) groups is 1. The van der Waals surface area contributed by atoms with Crippen LogP contribution in [-0.4, -0.2) is 27.9 Å². The van der Waals surface area contributed by atoms with Crippen LogP contribution in [0.1, 0.15) is 38.2 Å². The SMILES string of the molecule is CC(C)c1ccc(Nc2nnc(SCC(=O)NC3CC3)s2)cc1. The maximum Gasteiger partial charge on any atom is 0.230 e. The molecule has 1 saturated carbocycles. The van der Waals surface area contributed by atoms with Gasteiger partial charge in [-0.05, 0) is 36.5 Å². The Balaban J connectivity index is 1.51. The van der Waals surface area contributed by atoms with E-state index in [4.69, 9.17) is 0 Å². The van der Waals surface area contributed by atoms with Gasteiger partial charge in [0.1, 0.15) is 0 Å². The summed E-state index contributed by atoms with van der Waals surface area (Å²) in [6.45, 7) is 4.35.